The Labute approximate surface area is 128 Å². The molecule has 0 aliphatic carbocycles. The van der Waals surface area contributed by atoms with E-state index in [1.54, 1.807) is 6.92 Å². The maximum absolute atomic E-state index is 11.8. The van der Waals surface area contributed by atoms with Crippen LogP contribution in [0.25, 0.3) is 10.9 Å². The third-order valence-electron chi connectivity index (χ3n) is 3.11. The van der Waals surface area contributed by atoms with Crippen LogP contribution in [0.1, 0.15) is 16.2 Å². The van der Waals surface area contributed by atoms with Crippen LogP contribution in [0, 0.1) is 17.0 Å². The number of carbonyl (C=O) groups excluding carboxylic acids is 1. The van der Waals surface area contributed by atoms with Gasteiger partial charge in [0, 0.05) is 23.2 Å². The van der Waals surface area contributed by atoms with Crippen molar-refractivity contribution in [3.05, 3.63) is 45.8 Å². The molecule has 0 atom stereocenters. The van der Waals surface area contributed by atoms with Crippen molar-refractivity contribution in [2.45, 2.75) is 6.92 Å². The second kappa shape index (κ2) is 5.33. The second-order valence-electron chi connectivity index (χ2n) is 4.75. The van der Waals surface area contributed by atoms with Gasteiger partial charge in [0.25, 0.3) is 5.69 Å². The van der Waals surface area contributed by atoms with Gasteiger partial charge in [-0.25, -0.2) is 0 Å². The summed E-state index contributed by atoms with van der Waals surface area (Å²) in [4.78, 5) is 24.7. The predicted molar refractivity (Wildman–Crippen MR) is 78.8 cm³/mol. The fraction of sp³-hybridized carbons (Fsp3) is 0.0769. The molecular formula is C13H10N6O4. The predicted octanol–water partition coefficient (Wildman–Crippen LogP) is 2.74. The Balaban J connectivity index is 2.00. The van der Waals surface area contributed by atoms with E-state index in [1.807, 2.05) is 0 Å². The standard InChI is InChI=1S/C13H10N6O4/c1-6-4-10(16-15-6)12(20)18-17-11-8-5-7(19(22)23)2-3-9(8)14-13(11)21/h2-5,14,21H,1H3,(H,15,16). The summed E-state index contributed by atoms with van der Waals surface area (Å²) >= 11 is 0. The van der Waals surface area contributed by atoms with Gasteiger partial charge in [-0.2, -0.15) is 5.10 Å². The van der Waals surface area contributed by atoms with Crippen molar-refractivity contribution in [2.24, 2.45) is 10.2 Å². The number of carbonyl (C=O) groups is 1. The molecule has 0 bridgehead atoms. The number of nitro benzene ring substituents is 1. The maximum Gasteiger partial charge on any atom is 0.315 e. The number of aromatic nitrogens is 3. The lowest BCUT2D eigenvalue weighted by molar-refractivity contribution is -0.384. The van der Waals surface area contributed by atoms with Crippen LogP contribution in [0.15, 0.2) is 34.5 Å². The Morgan fingerprint density at radius 3 is 2.83 bits per heavy atom. The number of azo groups is 1. The Hall–Kier alpha value is -3.56. The molecule has 0 aliphatic heterocycles. The number of H-pyrrole nitrogens is 2. The van der Waals surface area contributed by atoms with Crippen LogP contribution in [-0.2, 0) is 0 Å². The molecule has 3 rings (SSSR count). The Morgan fingerprint density at radius 2 is 2.17 bits per heavy atom. The molecule has 1 amide bonds. The normalized spacial score (nSPS) is 11.3. The third-order valence-corrected chi connectivity index (χ3v) is 3.11. The van der Waals surface area contributed by atoms with E-state index in [4.69, 9.17) is 0 Å². The summed E-state index contributed by atoms with van der Waals surface area (Å²) in [6.07, 6.45) is 0. The lowest BCUT2D eigenvalue weighted by Crippen LogP contribution is -1.93. The van der Waals surface area contributed by atoms with Crippen molar-refractivity contribution in [1.82, 2.24) is 15.2 Å². The largest absolute Gasteiger partial charge is 0.493 e. The minimum Gasteiger partial charge on any atom is -0.493 e. The van der Waals surface area contributed by atoms with E-state index in [1.165, 1.54) is 24.3 Å². The number of fused-ring (bicyclic) bond motifs is 1. The highest BCUT2D eigenvalue weighted by Gasteiger charge is 2.16. The first-order chi connectivity index (χ1) is 11.0. The molecule has 2 aromatic heterocycles. The lowest BCUT2D eigenvalue weighted by atomic mass is 10.2. The van der Waals surface area contributed by atoms with Crippen molar-refractivity contribution in [3.8, 4) is 5.88 Å². The number of nitrogens with zero attached hydrogens (tertiary/aromatic N) is 4. The molecule has 0 saturated heterocycles. The summed E-state index contributed by atoms with van der Waals surface area (Å²) in [6.45, 7) is 1.73. The van der Waals surface area contributed by atoms with Crippen LogP contribution >= 0.6 is 0 Å². The fourth-order valence-corrected chi connectivity index (χ4v) is 2.04. The van der Waals surface area contributed by atoms with E-state index in [2.05, 4.69) is 25.4 Å². The zero-order valence-electron chi connectivity index (χ0n) is 11.8. The number of rotatable bonds is 3. The van der Waals surface area contributed by atoms with Gasteiger partial charge < -0.3 is 10.1 Å². The van der Waals surface area contributed by atoms with Gasteiger partial charge in [0.1, 0.15) is 0 Å². The average molecular weight is 314 g/mol. The van der Waals surface area contributed by atoms with Crippen LogP contribution in [0.3, 0.4) is 0 Å². The molecule has 0 saturated carbocycles. The highest BCUT2D eigenvalue weighted by Crippen LogP contribution is 2.37. The van der Waals surface area contributed by atoms with Crippen LogP contribution in [0.2, 0.25) is 0 Å². The van der Waals surface area contributed by atoms with E-state index >= 15 is 0 Å². The molecule has 10 heteroatoms. The lowest BCUT2D eigenvalue weighted by Gasteiger charge is -1.93. The number of aromatic amines is 2. The van der Waals surface area contributed by atoms with Crippen molar-refractivity contribution in [2.75, 3.05) is 0 Å². The van der Waals surface area contributed by atoms with E-state index in [-0.39, 0.29) is 28.3 Å². The number of benzene rings is 1. The molecule has 1 aromatic carbocycles. The van der Waals surface area contributed by atoms with Crippen LogP contribution in [0.5, 0.6) is 5.88 Å². The van der Waals surface area contributed by atoms with E-state index in [9.17, 15) is 20.0 Å². The van der Waals surface area contributed by atoms with Gasteiger partial charge in [-0.3, -0.25) is 20.0 Å². The van der Waals surface area contributed by atoms with E-state index in [0.717, 1.165) is 0 Å². The summed E-state index contributed by atoms with van der Waals surface area (Å²) in [5, 5.41) is 34.5. The molecule has 10 nitrogen and oxygen atoms in total. The maximum atomic E-state index is 11.8. The number of hydrogen-bond donors (Lipinski definition) is 3. The van der Waals surface area contributed by atoms with Gasteiger partial charge in [0.15, 0.2) is 11.4 Å². The van der Waals surface area contributed by atoms with Crippen LogP contribution < -0.4 is 0 Å². The number of nitro groups is 1. The average Bonchev–Trinajstić information content (AvgIpc) is 3.07. The Bertz CT molecular complexity index is 955. The smallest absolute Gasteiger partial charge is 0.315 e. The first kappa shape index (κ1) is 14.4. The first-order valence-electron chi connectivity index (χ1n) is 6.43. The molecule has 0 unspecified atom stereocenters. The summed E-state index contributed by atoms with van der Waals surface area (Å²) in [5.74, 6) is -1.04. The molecular weight excluding hydrogens is 304 g/mol. The minimum absolute atomic E-state index is 0.0516. The molecule has 3 aromatic rings. The van der Waals surface area contributed by atoms with Gasteiger partial charge >= 0.3 is 5.91 Å². The molecule has 0 radical (unpaired) electrons. The molecule has 2 heterocycles. The third kappa shape index (κ3) is 2.64. The fourth-order valence-electron chi connectivity index (χ4n) is 2.04. The van der Waals surface area contributed by atoms with Crippen LogP contribution in [0.4, 0.5) is 11.4 Å². The number of non-ortho nitro benzene ring substituents is 1. The Kier molecular flexibility index (Phi) is 3.33. The SMILES string of the molecule is Cc1cc(C(=O)N=Nc2c(O)[nH]c3ccc([N+](=O)[O-])cc23)n[nH]1. The number of amides is 1. The highest BCUT2D eigenvalue weighted by atomic mass is 16.6. The number of aryl methyl sites for hydroxylation is 1. The molecule has 3 N–H and O–H groups in total. The zero-order chi connectivity index (χ0) is 16.6. The molecule has 0 aliphatic rings. The van der Waals surface area contributed by atoms with Gasteiger partial charge in [-0.05, 0) is 19.1 Å². The molecule has 0 fully saturated rings. The number of nitrogens with one attached hydrogen (secondary N) is 2. The van der Waals surface area contributed by atoms with Gasteiger partial charge in [-0.1, -0.05) is 0 Å². The van der Waals surface area contributed by atoms with Crippen LogP contribution in [-0.4, -0.2) is 31.1 Å². The molecule has 0 spiro atoms. The quantitative estimate of drug-likeness (QED) is 0.386. The zero-order valence-corrected chi connectivity index (χ0v) is 11.8. The topological polar surface area (TPSA) is 150 Å². The molecule has 116 valence electrons. The van der Waals surface area contributed by atoms with Gasteiger partial charge in [0.2, 0.25) is 5.88 Å². The molecule has 23 heavy (non-hydrogen) atoms. The Morgan fingerprint density at radius 1 is 1.39 bits per heavy atom. The van der Waals surface area contributed by atoms with Gasteiger partial charge in [-0.15, -0.1) is 10.2 Å². The second-order valence-corrected chi connectivity index (χ2v) is 4.75. The van der Waals surface area contributed by atoms with E-state index in [0.29, 0.717) is 11.2 Å². The number of hydrogen-bond acceptors (Lipinski definition) is 6. The van der Waals surface area contributed by atoms with Crippen molar-refractivity contribution in [3.63, 3.8) is 0 Å². The minimum atomic E-state index is -0.700. The summed E-state index contributed by atoms with van der Waals surface area (Å²) < 4.78 is 0. The summed E-state index contributed by atoms with van der Waals surface area (Å²) in [7, 11) is 0. The van der Waals surface area contributed by atoms with Crippen molar-refractivity contribution < 1.29 is 14.8 Å². The van der Waals surface area contributed by atoms with Gasteiger partial charge in [0.05, 0.1) is 10.4 Å². The number of aromatic hydroxyl groups is 1. The first-order valence-corrected chi connectivity index (χ1v) is 6.43. The summed E-state index contributed by atoms with van der Waals surface area (Å²) in [5.41, 5.74) is 0.988. The van der Waals surface area contributed by atoms with E-state index < -0.39 is 10.8 Å². The van der Waals surface area contributed by atoms with Crippen molar-refractivity contribution >= 4 is 28.2 Å². The monoisotopic (exact) mass is 314 g/mol. The van der Waals surface area contributed by atoms with Crippen molar-refractivity contribution in [1.29, 1.82) is 0 Å². The highest BCUT2D eigenvalue weighted by molar-refractivity contribution is 5.97. The summed E-state index contributed by atoms with van der Waals surface area (Å²) in [6, 6.07) is 5.46.